The second-order valence-corrected chi connectivity index (χ2v) is 7.76. The number of amides is 1. The summed E-state index contributed by atoms with van der Waals surface area (Å²) in [6.07, 6.45) is 0. The molecule has 1 N–H and O–H groups in total. The number of halogens is 1. The number of nitro benzene ring substituents is 1. The highest BCUT2D eigenvalue weighted by molar-refractivity contribution is 6.51. The second-order valence-electron chi connectivity index (χ2n) is 7.33. The molecule has 1 aliphatic rings. The molecule has 1 saturated heterocycles. The van der Waals surface area contributed by atoms with Gasteiger partial charge in [0.15, 0.2) is 0 Å². The van der Waals surface area contributed by atoms with Crippen LogP contribution in [-0.4, -0.2) is 21.7 Å². The Hall–Kier alpha value is -3.97. The first-order chi connectivity index (χ1) is 15.3. The summed E-state index contributed by atoms with van der Waals surface area (Å²) in [5.41, 5.74) is 1.21. The van der Waals surface area contributed by atoms with Crippen molar-refractivity contribution >= 4 is 40.4 Å². The maximum absolute atomic E-state index is 13.1. The molecule has 0 aliphatic carbocycles. The summed E-state index contributed by atoms with van der Waals surface area (Å²) in [6, 6.07) is 17.6. The fourth-order valence-electron chi connectivity index (χ4n) is 3.75. The normalized spacial score (nSPS) is 17.6. The van der Waals surface area contributed by atoms with Gasteiger partial charge < -0.3 is 5.11 Å². The predicted molar refractivity (Wildman–Crippen MR) is 121 cm³/mol. The highest BCUT2D eigenvalue weighted by atomic mass is 35.5. The van der Waals surface area contributed by atoms with Crippen LogP contribution in [0.2, 0.25) is 5.02 Å². The Morgan fingerprint density at radius 2 is 1.62 bits per heavy atom. The number of hydrogen-bond donors (Lipinski definition) is 1. The van der Waals surface area contributed by atoms with Gasteiger partial charge in [0.25, 0.3) is 17.4 Å². The van der Waals surface area contributed by atoms with E-state index in [4.69, 9.17) is 11.6 Å². The zero-order valence-electron chi connectivity index (χ0n) is 16.9. The highest BCUT2D eigenvalue weighted by Crippen LogP contribution is 2.44. The molecule has 4 rings (SSSR count). The SMILES string of the molecule is Cc1ccc(N2C(=O)C(=O)/C(=C(/O)c3ccc(Cl)cc3)[C@@H]2c2ccccc2[N+](=O)[O-])cc1. The third-order valence-corrected chi connectivity index (χ3v) is 5.55. The van der Waals surface area contributed by atoms with E-state index in [0.717, 1.165) is 5.56 Å². The monoisotopic (exact) mass is 448 g/mol. The van der Waals surface area contributed by atoms with Gasteiger partial charge in [-0.3, -0.25) is 24.6 Å². The summed E-state index contributed by atoms with van der Waals surface area (Å²) in [4.78, 5) is 38.5. The van der Waals surface area contributed by atoms with Crippen LogP contribution in [0.15, 0.2) is 78.4 Å². The zero-order valence-corrected chi connectivity index (χ0v) is 17.6. The molecule has 3 aromatic rings. The number of nitro groups is 1. The van der Waals surface area contributed by atoms with E-state index in [2.05, 4.69) is 0 Å². The number of aryl methyl sites for hydroxylation is 1. The molecule has 0 unspecified atom stereocenters. The summed E-state index contributed by atoms with van der Waals surface area (Å²) < 4.78 is 0. The van der Waals surface area contributed by atoms with Crippen molar-refractivity contribution in [2.75, 3.05) is 4.90 Å². The standard InChI is InChI=1S/C24H17ClN2O5/c1-14-6-12-17(13-7-14)26-21(18-4-2-3-5-19(18)27(31)32)20(23(29)24(26)30)22(28)15-8-10-16(25)11-9-15/h2-13,21,28H,1H3/b22-20+/t21-/m0/s1. The predicted octanol–water partition coefficient (Wildman–Crippen LogP) is 5.18. The lowest BCUT2D eigenvalue weighted by atomic mass is 9.94. The number of carbonyl (C=O) groups is 2. The molecule has 7 nitrogen and oxygen atoms in total. The van der Waals surface area contributed by atoms with Gasteiger partial charge in [-0.05, 0) is 49.4 Å². The first kappa shape index (κ1) is 21.3. The zero-order chi connectivity index (χ0) is 23.0. The van der Waals surface area contributed by atoms with Gasteiger partial charge in [-0.1, -0.05) is 41.4 Å². The molecule has 3 aromatic carbocycles. The molecule has 0 spiro atoms. The lowest BCUT2D eigenvalue weighted by Crippen LogP contribution is -2.29. The van der Waals surface area contributed by atoms with Crippen LogP contribution in [0, 0.1) is 17.0 Å². The first-order valence-electron chi connectivity index (χ1n) is 9.66. The van der Waals surface area contributed by atoms with Gasteiger partial charge in [0.05, 0.1) is 16.1 Å². The molecule has 1 heterocycles. The molecule has 0 aromatic heterocycles. The minimum Gasteiger partial charge on any atom is -0.507 e. The van der Waals surface area contributed by atoms with Crippen LogP contribution in [-0.2, 0) is 9.59 Å². The van der Waals surface area contributed by atoms with E-state index in [1.165, 1.54) is 47.4 Å². The van der Waals surface area contributed by atoms with Crippen LogP contribution < -0.4 is 4.90 Å². The van der Waals surface area contributed by atoms with E-state index in [0.29, 0.717) is 10.7 Å². The smallest absolute Gasteiger partial charge is 0.300 e. The van der Waals surface area contributed by atoms with Crippen molar-refractivity contribution in [3.63, 3.8) is 0 Å². The molecule has 0 saturated carbocycles. The maximum atomic E-state index is 13.1. The van der Waals surface area contributed by atoms with E-state index in [1.807, 2.05) is 6.92 Å². The first-order valence-corrected chi connectivity index (χ1v) is 10.0. The summed E-state index contributed by atoms with van der Waals surface area (Å²) in [6.45, 7) is 1.87. The third kappa shape index (κ3) is 3.63. The Morgan fingerprint density at radius 3 is 2.25 bits per heavy atom. The van der Waals surface area contributed by atoms with Gasteiger partial charge in [0, 0.05) is 22.3 Å². The number of rotatable bonds is 4. The number of Topliss-reactive ketones (excluding diaryl/α,β-unsaturated/α-hetero) is 1. The molecule has 32 heavy (non-hydrogen) atoms. The Bertz CT molecular complexity index is 1270. The van der Waals surface area contributed by atoms with Crippen molar-refractivity contribution < 1.29 is 19.6 Å². The number of nitrogens with zero attached hydrogens (tertiary/aromatic N) is 2. The number of ketones is 1. The summed E-state index contributed by atoms with van der Waals surface area (Å²) >= 11 is 5.92. The highest BCUT2D eigenvalue weighted by Gasteiger charge is 2.48. The lowest BCUT2D eigenvalue weighted by Gasteiger charge is -2.25. The van der Waals surface area contributed by atoms with E-state index in [9.17, 15) is 24.8 Å². The number of carbonyl (C=O) groups excluding carboxylic acids is 2. The van der Waals surface area contributed by atoms with Crippen LogP contribution in [0.5, 0.6) is 0 Å². The molecule has 1 amide bonds. The van der Waals surface area contributed by atoms with E-state index < -0.39 is 28.4 Å². The van der Waals surface area contributed by atoms with Gasteiger partial charge in [0.2, 0.25) is 0 Å². The summed E-state index contributed by atoms with van der Waals surface area (Å²) in [5.74, 6) is -2.24. The van der Waals surface area contributed by atoms with Crippen LogP contribution in [0.4, 0.5) is 11.4 Å². The van der Waals surface area contributed by atoms with Crippen molar-refractivity contribution in [1.82, 2.24) is 0 Å². The Labute approximate surface area is 188 Å². The van der Waals surface area contributed by atoms with Crippen molar-refractivity contribution in [2.24, 2.45) is 0 Å². The second kappa shape index (κ2) is 8.28. The van der Waals surface area contributed by atoms with Gasteiger partial charge >= 0.3 is 0 Å². The fourth-order valence-corrected chi connectivity index (χ4v) is 3.87. The molecule has 160 valence electrons. The Morgan fingerprint density at radius 1 is 1.00 bits per heavy atom. The molecular weight excluding hydrogens is 432 g/mol. The summed E-state index contributed by atoms with van der Waals surface area (Å²) in [5, 5.41) is 23.2. The number of benzene rings is 3. The molecule has 1 fully saturated rings. The quantitative estimate of drug-likeness (QED) is 0.195. The fraction of sp³-hybridized carbons (Fsp3) is 0.0833. The van der Waals surface area contributed by atoms with Crippen LogP contribution >= 0.6 is 11.6 Å². The van der Waals surface area contributed by atoms with E-state index in [-0.39, 0.29) is 22.4 Å². The number of anilines is 1. The van der Waals surface area contributed by atoms with E-state index in [1.54, 1.807) is 30.3 Å². The average molecular weight is 449 g/mol. The van der Waals surface area contributed by atoms with Crippen molar-refractivity contribution in [3.05, 3.63) is 110 Å². The minimum atomic E-state index is -1.19. The van der Waals surface area contributed by atoms with Crippen LogP contribution in [0.1, 0.15) is 22.7 Å². The number of aliphatic hydroxyl groups is 1. The molecule has 1 aliphatic heterocycles. The minimum absolute atomic E-state index is 0.118. The summed E-state index contributed by atoms with van der Waals surface area (Å²) in [7, 11) is 0. The van der Waals surface area contributed by atoms with Gasteiger partial charge in [-0.25, -0.2) is 0 Å². The molecule has 0 radical (unpaired) electrons. The van der Waals surface area contributed by atoms with Gasteiger partial charge in [-0.15, -0.1) is 0 Å². The van der Waals surface area contributed by atoms with E-state index >= 15 is 0 Å². The van der Waals surface area contributed by atoms with Crippen molar-refractivity contribution in [2.45, 2.75) is 13.0 Å². The Balaban J connectivity index is 2.00. The van der Waals surface area contributed by atoms with Gasteiger partial charge in [0.1, 0.15) is 11.8 Å². The van der Waals surface area contributed by atoms with Crippen LogP contribution in [0.3, 0.4) is 0 Å². The number of para-hydroxylation sites is 1. The average Bonchev–Trinajstić information content (AvgIpc) is 3.05. The van der Waals surface area contributed by atoms with Crippen LogP contribution in [0.25, 0.3) is 5.76 Å². The molecule has 1 atom stereocenters. The third-order valence-electron chi connectivity index (χ3n) is 5.30. The number of aliphatic hydroxyl groups excluding tert-OH is 1. The molecule has 8 heteroatoms. The maximum Gasteiger partial charge on any atom is 0.300 e. The van der Waals surface area contributed by atoms with Crippen molar-refractivity contribution in [1.29, 1.82) is 0 Å². The van der Waals surface area contributed by atoms with Crippen molar-refractivity contribution in [3.8, 4) is 0 Å². The molecular formula is C24H17ClN2O5. The number of hydrogen-bond acceptors (Lipinski definition) is 5. The largest absolute Gasteiger partial charge is 0.507 e. The molecule has 0 bridgehead atoms. The Kier molecular flexibility index (Phi) is 5.50. The topological polar surface area (TPSA) is 101 Å². The lowest BCUT2D eigenvalue weighted by molar-refractivity contribution is -0.385. The van der Waals surface area contributed by atoms with Gasteiger partial charge in [-0.2, -0.15) is 0 Å².